The van der Waals surface area contributed by atoms with Gasteiger partial charge in [-0.05, 0) is 60.9 Å². The lowest BCUT2D eigenvalue weighted by molar-refractivity contribution is -0.141. The molecule has 4 N–H and O–H groups in total. The van der Waals surface area contributed by atoms with Crippen LogP contribution in [0.4, 0.5) is 26.3 Å². The Morgan fingerprint density at radius 3 is 2.40 bits per heavy atom. The highest BCUT2D eigenvalue weighted by Crippen LogP contribution is 2.32. The van der Waals surface area contributed by atoms with E-state index in [0.29, 0.717) is 17.2 Å². The number of primary amides is 1. The predicted octanol–water partition coefficient (Wildman–Crippen LogP) is 4.93. The largest absolute Gasteiger partial charge is 0.435 e. The molecule has 0 aliphatic carbocycles. The Morgan fingerprint density at radius 2 is 1.77 bits per heavy atom. The van der Waals surface area contributed by atoms with Crippen molar-refractivity contribution in [1.29, 1.82) is 0 Å². The van der Waals surface area contributed by atoms with Crippen LogP contribution in [0.15, 0.2) is 67.0 Å². The van der Waals surface area contributed by atoms with Crippen LogP contribution >= 0.6 is 0 Å². The fraction of sp³-hybridized carbons (Fsp3) is 0.222. The van der Waals surface area contributed by atoms with Gasteiger partial charge in [0.25, 0.3) is 5.91 Å². The fourth-order valence-electron chi connectivity index (χ4n) is 4.23. The van der Waals surface area contributed by atoms with Gasteiger partial charge in [-0.2, -0.15) is 18.3 Å². The van der Waals surface area contributed by atoms with Crippen LogP contribution in [0.3, 0.4) is 0 Å². The Morgan fingerprint density at radius 1 is 1.07 bits per heavy atom. The first-order chi connectivity index (χ1) is 18.8. The van der Waals surface area contributed by atoms with Gasteiger partial charge in [0, 0.05) is 24.0 Å². The third-order valence-corrected chi connectivity index (χ3v) is 6.22. The molecule has 2 aromatic carbocycles. The molecule has 0 aliphatic rings. The maximum Gasteiger partial charge on any atom is 0.435 e. The zero-order chi connectivity index (χ0) is 29.2. The molecule has 2 unspecified atom stereocenters. The number of benzene rings is 2. The number of amides is 1. The number of nitrogens with one attached hydrogen (secondary N) is 1. The molecule has 0 bridgehead atoms. The van der Waals surface area contributed by atoms with Crippen LogP contribution < -0.4 is 11.1 Å². The highest BCUT2D eigenvalue weighted by atomic mass is 19.4. The van der Waals surface area contributed by atoms with Crippen molar-refractivity contribution in [2.45, 2.75) is 37.8 Å². The Bertz CT molecular complexity index is 1500. The number of pyridine rings is 1. The monoisotopic (exact) mass is 563 g/mol. The van der Waals surface area contributed by atoms with Crippen LogP contribution in [-0.4, -0.2) is 32.0 Å². The maximum atomic E-state index is 14.1. The SMILES string of the molecule is CC(C(O)N[C@@H](Cc1cc(F)cc(F)c1)c1ncccc1-c1ccc(F)c(C(N)=O)c1)n1ccc(C(F)(F)F)n1. The smallest absolute Gasteiger partial charge is 0.376 e. The normalized spacial score (nSPS) is 14.1. The van der Waals surface area contributed by atoms with Crippen molar-refractivity contribution in [3.63, 3.8) is 0 Å². The number of aromatic nitrogens is 3. The first-order valence-electron chi connectivity index (χ1n) is 11.9. The van der Waals surface area contributed by atoms with Crippen molar-refractivity contribution >= 4 is 5.91 Å². The summed E-state index contributed by atoms with van der Waals surface area (Å²) in [6.45, 7) is 1.42. The summed E-state index contributed by atoms with van der Waals surface area (Å²) in [4.78, 5) is 16.1. The van der Waals surface area contributed by atoms with E-state index in [1.54, 1.807) is 12.1 Å². The number of alkyl halides is 3. The molecule has 0 saturated heterocycles. The van der Waals surface area contributed by atoms with Crippen molar-refractivity contribution in [3.05, 3.63) is 107 Å². The van der Waals surface area contributed by atoms with E-state index >= 15 is 0 Å². The fourth-order valence-corrected chi connectivity index (χ4v) is 4.23. The second-order valence-corrected chi connectivity index (χ2v) is 9.06. The van der Waals surface area contributed by atoms with E-state index in [4.69, 9.17) is 5.73 Å². The molecule has 0 fully saturated rings. The predicted molar refractivity (Wildman–Crippen MR) is 132 cm³/mol. The number of carbonyl (C=O) groups excluding carboxylic acids is 1. The van der Waals surface area contributed by atoms with Gasteiger partial charge in [0.15, 0.2) is 5.69 Å². The quantitative estimate of drug-likeness (QED) is 0.198. The molecule has 0 spiro atoms. The van der Waals surface area contributed by atoms with Crippen LogP contribution in [0.1, 0.15) is 46.3 Å². The number of hydrogen-bond acceptors (Lipinski definition) is 5. The molecule has 4 aromatic rings. The highest BCUT2D eigenvalue weighted by molar-refractivity contribution is 5.94. The van der Waals surface area contributed by atoms with Gasteiger partial charge in [-0.3, -0.25) is 19.8 Å². The number of halogens is 6. The first kappa shape index (κ1) is 28.8. The molecule has 13 heteroatoms. The van der Waals surface area contributed by atoms with E-state index in [9.17, 15) is 36.2 Å². The van der Waals surface area contributed by atoms with E-state index in [2.05, 4.69) is 15.4 Å². The van der Waals surface area contributed by atoms with E-state index in [1.165, 1.54) is 25.3 Å². The lowest BCUT2D eigenvalue weighted by atomic mass is 9.94. The number of nitrogens with two attached hydrogens (primary N) is 1. The van der Waals surface area contributed by atoms with Crippen LogP contribution in [-0.2, 0) is 12.6 Å². The van der Waals surface area contributed by atoms with Crippen LogP contribution in [0.2, 0.25) is 0 Å². The van der Waals surface area contributed by atoms with Gasteiger partial charge in [0.05, 0.1) is 23.3 Å². The molecule has 210 valence electrons. The number of hydrogen-bond donors (Lipinski definition) is 3. The molecule has 1 amide bonds. The van der Waals surface area contributed by atoms with Gasteiger partial charge >= 0.3 is 6.18 Å². The molecular weight excluding hydrogens is 540 g/mol. The number of nitrogens with zero attached hydrogens (tertiary/aromatic N) is 3. The molecule has 4 rings (SSSR count). The summed E-state index contributed by atoms with van der Waals surface area (Å²) in [7, 11) is 0. The third kappa shape index (κ3) is 6.49. The van der Waals surface area contributed by atoms with Crippen molar-refractivity contribution in [3.8, 4) is 11.1 Å². The van der Waals surface area contributed by atoms with Crippen molar-refractivity contribution in [1.82, 2.24) is 20.1 Å². The number of aliphatic hydroxyl groups excluding tert-OH is 1. The summed E-state index contributed by atoms with van der Waals surface area (Å²) >= 11 is 0. The molecule has 0 aliphatic heterocycles. The lowest BCUT2D eigenvalue weighted by Crippen LogP contribution is -2.40. The van der Waals surface area contributed by atoms with E-state index < -0.39 is 53.5 Å². The van der Waals surface area contributed by atoms with Crippen LogP contribution in [0.5, 0.6) is 0 Å². The molecule has 7 nitrogen and oxygen atoms in total. The maximum absolute atomic E-state index is 14.1. The molecule has 3 atom stereocenters. The van der Waals surface area contributed by atoms with Crippen LogP contribution in [0, 0.1) is 17.5 Å². The van der Waals surface area contributed by atoms with Crippen molar-refractivity contribution in [2.75, 3.05) is 0 Å². The lowest BCUT2D eigenvalue weighted by Gasteiger charge is -2.28. The zero-order valence-electron chi connectivity index (χ0n) is 20.8. The minimum absolute atomic E-state index is 0.126. The molecule has 40 heavy (non-hydrogen) atoms. The minimum Gasteiger partial charge on any atom is -0.376 e. The number of aliphatic hydroxyl groups is 1. The average molecular weight is 564 g/mol. The Labute approximate surface area is 224 Å². The average Bonchev–Trinajstić information content (AvgIpc) is 3.38. The second-order valence-electron chi connectivity index (χ2n) is 9.06. The summed E-state index contributed by atoms with van der Waals surface area (Å²) in [5.41, 5.74) is 4.88. The summed E-state index contributed by atoms with van der Waals surface area (Å²) in [6, 6.07) is 8.42. The van der Waals surface area contributed by atoms with Gasteiger partial charge in [-0.15, -0.1) is 0 Å². The Balaban J connectivity index is 1.74. The standard InChI is InChI=1S/C27H23F6N5O2/c1-14(38-8-6-23(37-38)27(31,32)33)26(40)36-22(11-15-9-17(28)13-18(29)10-15)24-19(3-2-7-35-24)16-4-5-21(30)20(12-16)25(34)39/h2-10,12-14,22,26,36,40H,11H2,1H3,(H2,34,39)/t14?,22-,26?/m0/s1. The topological polar surface area (TPSA) is 106 Å². The minimum atomic E-state index is -4.69. The van der Waals surface area contributed by atoms with Gasteiger partial charge in [-0.25, -0.2) is 13.2 Å². The first-order valence-corrected chi connectivity index (χ1v) is 11.9. The van der Waals surface area contributed by atoms with Gasteiger partial charge in [0.2, 0.25) is 0 Å². The summed E-state index contributed by atoms with van der Waals surface area (Å²) in [5, 5.41) is 17.3. The molecule has 0 radical (unpaired) electrons. The summed E-state index contributed by atoms with van der Waals surface area (Å²) in [5.74, 6) is -3.53. The van der Waals surface area contributed by atoms with Gasteiger partial charge in [-0.1, -0.05) is 12.1 Å². The van der Waals surface area contributed by atoms with E-state index in [0.717, 1.165) is 35.1 Å². The Kier molecular flexibility index (Phi) is 8.26. The number of carbonyl (C=O) groups is 1. The van der Waals surface area contributed by atoms with E-state index in [1.807, 2.05) is 0 Å². The van der Waals surface area contributed by atoms with Crippen molar-refractivity contribution in [2.24, 2.45) is 5.73 Å². The van der Waals surface area contributed by atoms with Crippen molar-refractivity contribution < 1.29 is 36.2 Å². The number of rotatable bonds is 9. The summed E-state index contributed by atoms with van der Waals surface area (Å²) < 4.78 is 82.2. The van der Waals surface area contributed by atoms with Crippen LogP contribution in [0.25, 0.3) is 11.1 Å². The molecule has 0 saturated carbocycles. The summed E-state index contributed by atoms with van der Waals surface area (Å²) in [6.07, 6.45) is -3.86. The zero-order valence-corrected chi connectivity index (χ0v) is 20.8. The highest BCUT2D eigenvalue weighted by Gasteiger charge is 2.34. The van der Waals surface area contributed by atoms with Gasteiger partial charge in [0.1, 0.15) is 23.7 Å². The Hall–Kier alpha value is -4.23. The van der Waals surface area contributed by atoms with E-state index in [-0.39, 0.29) is 23.2 Å². The third-order valence-electron chi connectivity index (χ3n) is 6.22. The molecular formula is C27H23F6N5O2. The second kappa shape index (κ2) is 11.5. The molecule has 2 heterocycles. The van der Waals surface area contributed by atoms with Gasteiger partial charge < -0.3 is 10.8 Å². The molecule has 2 aromatic heterocycles.